The molecule has 1 aromatic heterocycles. The molecule has 0 radical (unpaired) electrons. The largest absolute Gasteiger partial charge is 0.507 e. The summed E-state index contributed by atoms with van der Waals surface area (Å²) in [5.74, 6) is 0.786. The molecule has 2 aliphatic rings. The van der Waals surface area contributed by atoms with Crippen LogP contribution in [0.1, 0.15) is 64.8 Å². The van der Waals surface area contributed by atoms with Crippen molar-refractivity contribution in [3.8, 4) is 11.5 Å². The number of aryl methyl sites for hydroxylation is 1. The van der Waals surface area contributed by atoms with Crippen LogP contribution in [0.15, 0.2) is 66.7 Å². The number of carbonyl (C=O) groups excluding carboxylic acids is 1. The lowest BCUT2D eigenvalue weighted by Gasteiger charge is -2.36. The molecule has 3 heterocycles. The first-order valence-corrected chi connectivity index (χ1v) is 11.7. The van der Waals surface area contributed by atoms with Crippen LogP contribution in [0.25, 0.3) is 6.08 Å². The molecule has 0 aliphatic carbocycles. The number of aromatic nitrogens is 1. The van der Waals surface area contributed by atoms with E-state index < -0.39 is 0 Å². The Balaban J connectivity index is 1.44. The number of ether oxygens (including phenoxy) is 1. The number of phenols is 1. The summed E-state index contributed by atoms with van der Waals surface area (Å²) in [5, 5.41) is 10.7. The Morgan fingerprint density at radius 2 is 2.00 bits per heavy atom. The Hall–Kier alpha value is -3.44. The van der Waals surface area contributed by atoms with Crippen LogP contribution in [0.4, 0.5) is 0 Å². The van der Waals surface area contributed by atoms with E-state index in [1.807, 2.05) is 24.4 Å². The van der Waals surface area contributed by atoms with E-state index in [1.165, 1.54) is 11.1 Å². The van der Waals surface area contributed by atoms with Gasteiger partial charge in [-0.25, -0.2) is 0 Å². The second-order valence-corrected chi connectivity index (χ2v) is 8.74. The zero-order valence-corrected chi connectivity index (χ0v) is 18.8. The van der Waals surface area contributed by atoms with Crippen molar-refractivity contribution in [2.24, 2.45) is 0 Å². The highest BCUT2D eigenvalue weighted by Crippen LogP contribution is 2.42. The van der Waals surface area contributed by atoms with Crippen LogP contribution in [0, 0.1) is 0 Å². The molecule has 1 fully saturated rings. The van der Waals surface area contributed by atoms with Gasteiger partial charge in [-0.05, 0) is 66.8 Å². The van der Waals surface area contributed by atoms with E-state index in [9.17, 15) is 9.90 Å². The number of hydrogen-bond donors (Lipinski definition) is 1. The Kier molecular flexibility index (Phi) is 5.97. The van der Waals surface area contributed by atoms with Gasteiger partial charge in [0.15, 0.2) is 5.76 Å². The van der Waals surface area contributed by atoms with Gasteiger partial charge in [-0.2, -0.15) is 0 Å². The molecule has 0 spiro atoms. The molecule has 5 nitrogen and oxygen atoms in total. The third-order valence-corrected chi connectivity index (χ3v) is 6.65. The summed E-state index contributed by atoms with van der Waals surface area (Å²) >= 11 is 0. The molecule has 1 atom stereocenters. The number of carbonyl (C=O) groups is 1. The Morgan fingerprint density at radius 3 is 2.76 bits per heavy atom. The van der Waals surface area contributed by atoms with Crippen molar-refractivity contribution in [2.45, 2.75) is 45.2 Å². The average Bonchev–Trinajstić information content (AvgIpc) is 3.17. The van der Waals surface area contributed by atoms with Gasteiger partial charge in [0, 0.05) is 25.0 Å². The molecule has 0 amide bonds. The Bertz CT molecular complexity index is 1190. The molecule has 2 aromatic carbocycles. The molecule has 5 rings (SSSR count). The molecule has 0 unspecified atom stereocenters. The minimum atomic E-state index is -0.145. The molecule has 0 saturated carbocycles. The Morgan fingerprint density at radius 1 is 1.15 bits per heavy atom. The van der Waals surface area contributed by atoms with E-state index in [1.54, 1.807) is 24.4 Å². The summed E-state index contributed by atoms with van der Waals surface area (Å²) in [6.07, 6.45) is 9.76. The number of ketones is 1. The molecule has 3 aromatic rings. The van der Waals surface area contributed by atoms with Crippen LogP contribution < -0.4 is 4.74 Å². The van der Waals surface area contributed by atoms with E-state index in [4.69, 9.17) is 4.74 Å². The first kappa shape index (κ1) is 21.4. The number of rotatable bonds is 5. The van der Waals surface area contributed by atoms with Crippen molar-refractivity contribution in [1.82, 2.24) is 9.88 Å². The third-order valence-electron chi connectivity index (χ3n) is 6.65. The number of phenolic OH excluding ortho intramolecular Hbond substituents is 1. The van der Waals surface area contributed by atoms with Gasteiger partial charge in [0.25, 0.3) is 0 Å². The molecular weight excluding hydrogens is 412 g/mol. The fraction of sp³-hybridized carbons (Fsp3) is 0.286. The molecule has 168 valence electrons. The highest BCUT2D eigenvalue weighted by atomic mass is 16.5. The van der Waals surface area contributed by atoms with Gasteiger partial charge in [0.1, 0.15) is 11.5 Å². The fourth-order valence-electron chi connectivity index (χ4n) is 4.78. The molecule has 2 aliphatic heterocycles. The van der Waals surface area contributed by atoms with Crippen molar-refractivity contribution >= 4 is 11.9 Å². The fourth-order valence-corrected chi connectivity index (χ4v) is 4.78. The van der Waals surface area contributed by atoms with Crippen molar-refractivity contribution in [2.75, 3.05) is 6.54 Å². The summed E-state index contributed by atoms with van der Waals surface area (Å²) in [4.78, 5) is 19.7. The minimum absolute atomic E-state index is 0.145. The number of nitrogens with zero attached hydrogens (tertiary/aromatic N) is 2. The number of Topliss-reactive ketones (excluding diaryl/α,β-unsaturated/α-hetero) is 1. The zero-order valence-electron chi connectivity index (χ0n) is 18.8. The summed E-state index contributed by atoms with van der Waals surface area (Å²) in [6.45, 7) is 3.55. The van der Waals surface area contributed by atoms with Crippen LogP contribution in [-0.4, -0.2) is 27.3 Å². The van der Waals surface area contributed by atoms with Gasteiger partial charge >= 0.3 is 0 Å². The number of benzene rings is 2. The number of pyridine rings is 1. The van der Waals surface area contributed by atoms with Crippen molar-refractivity contribution in [3.63, 3.8) is 0 Å². The number of fused-ring (bicyclic) bond motifs is 1. The lowest BCUT2D eigenvalue weighted by molar-refractivity contribution is 0.101. The topological polar surface area (TPSA) is 62.7 Å². The van der Waals surface area contributed by atoms with Crippen LogP contribution in [0.5, 0.6) is 11.5 Å². The standard InChI is InChI=1S/C28H28N2O3/c1-2-19-8-10-20(11-9-19)16-26-27(32)22-12-13-25(31)23(28(22)33-26)18-30-15-4-3-7-24(30)21-6-5-14-29-17-21/h5-6,8-14,16-17,24,31H,2-4,7,15,18H2,1H3/b26-16-/t24-/m0/s1. The van der Waals surface area contributed by atoms with E-state index in [0.29, 0.717) is 29.2 Å². The lowest BCUT2D eigenvalue weighted by atomic mass is 9.95. The highest BCUT2D eigenvalue weighted by Gasteiger charge is 2.33. The SMILES string of the molecule is CCc1ccc(/C=C2\Oc3c(ccc(O)c3CN3CCCC[C@H]3c3cccnc3)C2=O)cc1. The molecule has 5 heteroatoms. The van der Waals surface area contributed by atoms with E-state index >= 15 is 0 Å². The van der Waals surface area contributed by atoms with Gasteiger partial charge in [0.05, 0.1) is 11.1 Å². The van der Waals surface area contributed by atoms with Crippen molar-refractivity contribution in [1.29, 1.82) is 0 Å². The van der Waals surface area contributed by atoms with Gasteiger partial charge in [-0.15, -0.1) is 0 Å². The number of hydrogen-bond acceptors (Lipinski definition) is 5. The number of allylic oxidation sites excluding steroid dienone is 1. The normalized spacial score (nSPS) is 19.5. The molecule has 33 heavy (non-hydrogen) atoms. The first-order valence-electron chi connectivity index (χ1n) is 11.7. The predicted octanol–water partition coefficient (Wildman–Crippen LogP) is 5.69. The minimum Gasteiger partial charge on any atom is -0.507 e. The molecule has 0 bridgehead atoms. The van der Waals surface area contributed by atoms with Crippen molar-refractivity contribution < 1.29 is 14.6 Å². The molecular formula is C28H28N2O3. The smallest absolute Gasteiger partial charge is 0.231 e. The number of piperidine rings is 1. The second-order valence-electron chi connectivity index (χ2n) is 8.74. The van der Waals surface area contributed by atoms with E-state index in [0.717, 1.165) is 37.8 Å². The second kappa shape index (κ2) is 9.20. The van der Waals surface area contributed by atoms with Gasteiger partial charge in [-0.1, -0.05) is 43.7 Å². The lowest BCUT2D eigenvalue weighted by Crippen LogP contribution is -2.33. The average molecular weight is 441 g/mol. The number of aromatic hydroxyl groups is 1. The van der Waals surface area contributed by atoms with Crippen LogP contribution in [0.3, 0.4) is 0 Å². The monoisotopic (exact) mass is 440 g/mol. The maximum Gasteiger partial charge on any atom is 0.231 e. The highest BCUT2D eigenvalue weighted by molar-refractivity contribution is 6.15. The van der Waals surface area contributed by atoms with Crippen LogP contribution >= 0.6 is 0 Å². The maximum absolute atomic E-state index is 13.1. The molecule has 1 saturated heterocycles. The maximum atomic E-state index is 13.1. The summed E-state index contributed by atoms with van der Waals surface area (Å²) < 4.78 is 6.09. The van der Waals surface area contributed by atoms with Gasteiger partial charge in [0.2, 0.25) is 5.78 Å². The molecule has 1 N–H and O–H groups in total. The summed E-state index contributed by atoms with van der Waals surface area (Å²) in [6, 6.07) is 15.7. The summed E-state index contributed by atoms with van der Waals surface area (Å²) in [5.41, 5.74) is 4.52. The zero-order chi connectivity index (χ0) is 22.8. The third kappa shape index (κ3) is 4.29. The van der Waals surface area contributed by atoms with Crippen molar-refractivity contribution in [3.05, 3.63) is 94.5 Å². The predicted molar refractivity (Wildman–Crippen MR) is 128 cm³/mol. The first-order chi connectivity index (χ1) is 16.1. The van der Waals surface area contributed by atoms with Crippen LogP contribution in [0.2, 0.25) is 0 Å². The van der Waals surface area contributed by atoms with E-state index in [-0.39, 0.29) is 17.6 Å². The Labute approximate surface area is 194 Å². The quantitative estimate of drug-likeness (QED) is 0.516. The van der Waals surface area contributed by atoms with Gasteiger partial charge in [-0.3, -0.25) is 14.7 Å². The van der Waals surface area contributed by atoms with E-state index in [2.05, 4.69) is 35.0 Å². The van der Waals surface area contributed by atoms with Crippen LogP contribution in [-0.2, 0) is 13.0 Å². The summed E-state index contributed by atoms with van der Waals surface area (Å²) in [7, 11) is 0. The number of likely N-dealkylation sites (tertiary alicyclic amines) is 1. The van der Waals surface area contributed by atoms with Gasteiger partial charge < -0.3 is 9.84 Å².